The fraction of sp³-hybridized carbons (Fsp3) is 0.318. The van der Waals surface area contributed by atoms with Crippen LogP contribution in [0, 0.1) is 5.92 Å². The highest BCUT2D eigenvalue weighted by Gasteiger charge is 2.38. The van der Waals surface area contributed by atoms with Crippen LogP contribution in [0.25, 0.3) is 0 Å². The van der Waals surface area contributed by atoms with E-state index in [2.05, 4.69) is 24.3 Å². The van der Waals surface area contributed by atoms with Gasteiger partial charge in [0.05, 0.1) is 0 Å². The average molecular weight is 378 g/mol. The third-order valence-corrected chi connectivity index (χ3v) is 5.37. The molecule has 2 saturated heterocycles. The monoisotopic (exact) mass is 378 g/mol. The quantitative estimate of drug-likeness (QED) is 0.775. The smallest absolute Gasteiger partial charge is 0.417 e. The van der Waals surface area contributed by atoms with E-state index in [1.165, 1.54) is 0 Å². The number of likely N-dealkylation sites (tertiary alicyclic amines) is 1. The highest BCUT2D eigenvalue weighted by molar-refractivity contribution is 5.97. The molecule has 2 aromatic rings. The van der Waals surface area contributed by atoms with Gasteiger partial charge >= 0.3 is 6.09 Å². The molecule has 2 aliphatic rings. The summed E-state index contributed by atoms with van der Waals surface area (Å²) < 4.78 is 4.73. The van der Waals surface area contributed by atoms with E-state index in [0.29, 0.717) is 26.1 Å². The van der Waals surface area contributed by atoms with Gasteiger partial charge in [-0.15, -0.1) is 0 Å². The first-order valence-corrected chi connectivity index (χ1v) is 9.46. The Bertz CT molecular complexity index is 807. The van der Waals surface area contributed by atoms with E-state index in [4.69, 9.17) is 4.74 Å². The van der Waals surface area contributed by atoms with Gasteiger partial charge in [-0.3, -0.25) is 9.59 Å². The van der Waals surface area contributed by atoms with Crippen LogP contribution >= 0.6 is 0 Å². The second-order valence-corrected chi connectivity index (χ2v) is 7.30. The van der Waals surface area contributed by atoms with E-state index in [0.717, 1.165) is 16.0 Å². The van der Waals surface area contributed by atoms with Crippen molar-refractivity contribution in [3.05, 3.63) is 71.8 Å². The molecule has 3 amide bonds. The lowest BCUT2D eigenvalue weighted by molar-refractivity contribution is -0.138. The molecular weight excluding hydrogens is 356 g/mol. The second kappa shape index (κ2) is 7.84. The Kier molecular flexibility index (Phi) is 5.10. The Morgan fingerprint density at radius 2 is 1.54 bits per heavy atom. The van der Waals surface area contributed by atoms with Crippen LogP contribution in [0.1, 0.15) is 23.5 Å². The highest BCUT2D eigenvalue weighted by Crippen LogP contribution is 2.30. The van der Waals surface area contributed by atoms with Crippen LogP contribution in [0.15, 0.2) is 60.7 Å². The molecule has 144 valence electrons. The Labute approximate surface area is 163 Å². The van der Waals surface area contributed by atoms with Crippen LogP contribution in [0.4, 0.5) is 4.79 Å². The summed E-state index contributed by atoms with van der Waals surface area (Å²) in [5, 5.41) is 0. The van der Waals surface area contributed by atoms with E-state index in [1.807, 2.05) is 36.4 Å². The number of imide groups is 1. The lowest BCUT2D eigenvalue weighted by Crippen LogP contribution is -2.54. The van der Waals surface area contributed by atoms with Crippen molar-refractivity contribution in [2.75, 3.05) is 26.2 Å². The fourth-order valence-electron chi connectivity index (χ4n) is 3.81. The van der Waals surface area contributed by atoms with Crippen LogP contribution in [-0.4, -0.2) is 53.9 Å². The van der Waals surface area contributed by atoms with Crippen molar-refractivity contribution in [1.82, 2.24) is 9.80 Å². The van der Waals surface area contributed by atoms with Crippen LogP contribution in [0.3, 0.4) is 0 Å². The van der Waals surface area contributed by atoms with E-state index >= 15 is 0 Å². The molecular formula is C22H22N2O4. The van der Waals surface area contributed by atoms with Crippen molar-refractivity contribution in [1.29, 1.82) is 0 Å². The molecule has 2 heterocycles. The molecule has 4 rings (SSSR count). The Hall–Kier alpha value is -3.15. The maximum atomic E-state index is 12.8. The SMILES string of the molecule is O=C(CC(c1ccccc1)c1ccccc1)N1CC(CN2C(=O)COC2=O)C1. The minimum Gasteiger partial charge on any atom is -0.439 e. The first-order valence-electron chi connectivity index (χ1n) is 9.46. The molecule has 0 aliphatic carbocycles. The van der Waals surface area contributed by atoms with Gasteiger partial charge in [0.25, 0.3) is 5.91 Å². The zero-order valence-electron chi connectivity index (χ0n) is 15.5. The molecule has 28 heavy (non-hydrogen) atoms. The molecule has 0 radical (unpaired) electrons. The number of benzene rings is 2. The van der Waals surface area contributed by atoms with E-state index < -0.39 is 6.09 Å². The predicted molar refractivity (Wildman–Crippen MR) is 102 cm³/mol. The number of rotatable bonds is 6. The molecule has 0 atom stereocenters. The summed E-state index contributed by atoms with van der Waals surface area (Å²) in [5.74, 6) is -0.0955. The lowest BCUT2D eigenvalue weighted by Gasteiger charge is -2.41. The van der Waals surface area contributed by atoms with Gasteiger partial charge in [-0.2, -0.15) is 0 Å². The number of amides is 3. The Morgan fingerprint density at radius 1 is 0.964 bits per heavy atom. The zero-order chi connectivity index (χ0) is 19.5. The first-order chi connectivity index (χ1) is 13.6. The summed E-state index contributed by atoms with van der Waals surface area (Å²) in [4.78, 5) is 39.0. The number of carbonyl (C=O) groups excluding carboxylic acids is 3. The number of carbonyl (C=O) groups is 3. The summed E-state index contributed by atoms with van der Waals surface area (Å²) in [6.07, 6.45) is -0.186. The standard InChI is InChI=1S/C22H22N2O4/c25-20(23-12-16(13-23)14-24-21(26)15-28-22(24)27)11-19(17-7-3-1-4-8-17)18-9-5-2-6-10-18/h1-10,16,19H,11-15H2. The molecule has 0 N–H and O–H groups in total. The van der Waals surface area contributed by atoms with Crippen molar-refractivity contribution >= 4 is 17.9 Å². The maximum Gasteiger partial charge on any atom is 0.417 e. The van der Waals surface area contributed by atoms with Crippen molar-refractivity contribution in [3.63, 3.8) is 0 Å². The molecule has 0 bridgehead atoms. The molecule has 6 heteroatoms. The predicted octanol–water partition coefficient (Wildman–Crippen LogP) is 2.65. The number of nitrogens with zero attached hydrogens (tertiary/aromatic N) is 2. The van der Waals surface area contributed by atoms with Crippen molar-refractivity contribution < 1.29 is 19.1 Å². The molecule has 0 aromatic heterocycles. The molecule has 0 saturated carbocycles. The number of hydrogen-bond donors (Lipinski definition) is 0. The Morgan fingerprint density at radius 3 is 2.04 bits per heavy atom. The van der Waals surface area contributed by atoms with Crippen LogP contribution < -0.4 is 0 Å². The van der Waals surface area contributed by atoms with Crippen molar-refractivity contribution in [2.24, 2.45) is 5.92 Å². The van der Waals surface area contributed by atoms with E-state index in [-0.39, 0.29) is 30.3 Å². The third-order valence-electron chi connectivity index (χ3n) is 5.37. The summed E-state index contributed by atoms with van der Waals surface area (Å²) >= 11 is 0. The van der Waals surface area contributed by atoms with Gasteiger partial charge in [-0.05, 0) is 11.1 Å². The highest BCUT2D eigenvalue weighted by atomic mass is 16.6. The van der Waals surface area contributed by atoms with Gasteiger partial charge in [0.1, 0.15) is 0 Å². The second-order valence-electron chi connectivity index (χ2n) is 7.30. The minimum absolute atomic E-state index is 0.00378. The topological polar surface area (TPSA) is 66.9 Å². The van der Waals surface area contributed by atoms with Crippen molar-refractivity contribution in [2.45, 2.75) is 12.3 Å². The van der Waals surface area contributed by atoms with Gasteiger partial charge < -0.3 is 9.64 Å². The van der Waals surface area contributed by atoms with Gasteiger partial charge in [-0.25, -0.2) is 9.69 Å². The van der Waals surface area contributed by atoms with Crippen LogP contribution in [0.5, 0.6) is 0 Å². The molecule has 2 aliphatic heterocycles. The van der Waals surface area contributed by atoms with Gasteiger partial charge in [0.2, 0.25) is 5.91 Å². The van der Waals surface area contributed by atoms with E-state index in [9.17, 15) is 14.4 Å². The molecule has 2 fully saturated rings. The van der Waals surface area contributed by atoms with E-state index in [1.54, 1.807) is 4.90 Å². The third kappa shape index (κ3) is 3.76. The van der Waals surface area contributed by atoms with Gasteiger partial charge in [0.15, 0.2) is 6.61 Å². The fourth-order valence-corrected chi connectivity index (χ4v) is 3.81. The summed E-state index contributed by atoms with van der Waals surface area (Å²) in [6.45, 7) is 1.27. The normalized spacial score (nSPS) is 17.0. The largest absolute Gasteiger partial charge is 0.439 e. The summed E-state index contributed by atoms with van der Waals surface area (Å²) in [5.41, 5.74) is 2.23. The summed E-state index contributed by atoms with van der Waals surface area (Å²) in [6, 6.07) is 20.1. The van der Waals surface area contributed by atoms with Crippen LogP contribution in [0.2, 0.25) is 0 Å². The zero-order valence-corrected chi connectivity index (χ0v) is 15.5. The maximum absolute atomic E-state index is 12.8. The van der Waals surface area contributed by atoms with Crippen molar-refractivity contribution in [3.8, 4) is 0 Å². The number of ether oxygens (including phenoxy) is 1. The average Bonchev–Trinajstić information content (AvgIpc) is 3.01. The molecule has 0 unspecified atom stereocenters. The summed E-state index contributed by atoms with van der Waals surface area (Å²) in [7, 11) is 0. The lowest BCUT2D eigenvalue weighted by atomic mass is 9.87. The minimum atomic E-state index is -0.581. The van der Waals surface area contributed by atoms with Gasteiger partial charge in [0, 0.05) is 37.9 Å². The number of hydrogen-bond acceptors (Lipinski definition) is 4. The Balaban J connectivity index is 1.38. The molecule has 0 spiro atoms. The first kappa shape index (κ1) is 18.2. The van der Waals surface area contributed by atoms with Gasteiger partial charge in [-0.1, -0.05) is 60.7 Å². The van der Waals surface area contributed by atoms with Crippen LogP contribution in [-0.2, 0) is 14.3 Å². The number of cyclic esters (lactones) is 1. The molecule has 2 aromatic carbocycles. The molecule has 6 nitrogen and oxygen atoms in total.